The molecule has 0 aliphatic rings. The molecule has 0 aliphatic heterocycles. The van der Waals surface area contributed by atoms with Crippen LogP contribution in [-0.4, -0.2) is 31.6 Å². The van der Waals surface area contributed by atoms with Gasteiger partial charge in [-0.1, -0.05) is 0 Å². The first-order chi connectivity index (χ1) is 7.79. The number of rotatable bonds is 4. The second-order valence-corrected chi connectivity index (χ2v) is 4.21. The molecule has 1 unspecified atom stereocenters. The van der Waals surface area contributed by atoms with E-state index in [2.05, 4.69) is 0 Å². The highest BCUT2D eigenvalue weighted by Gasteiger charge is 2.30. The predicted molar refractivity (Wildman–Crippen MR) is 60.1 cm³/mol. The van der Waals surface area contributed by atoms with E-state index in [0.717, 1.165) is 12.1 Å². The highest BCUT2D eigenvalue weighted by molar-refractivity contribution is 5.28. The Labute approximate surface area is 99.0 Å². The van der Waals surface area contributed by atoms with Crippen molar-refractivity contribution in [3.63, 3.8) is 0 Å². The van der Waals surface area contributed by atoms with Gasteiger partial charge in [-0.25, -0.2) is 0 Å². The lowest BCUT2D eigenvalue weighted by Gasteiger charge is -2.19. The zero-order valence-electron chi connectivity index (χ0n) is 10.1. The molecule has 0 heterocycles. The van der Waals surface area contributed by atoms with Crippen molar-refractivity contribution in [2.75, 3.05) is 20.6 Å². The van der Waals surface area contributed by atoms with E-state index >= 15 is 0 Å². The average Bonchev–Trinajstić information content (AvgIpc) is 2.15. The molecule has 5 heteroatoms. The van der Waals surface area contributed by atoms with Gasteiger partial charge in [0.05, 0.1) is 5.56 Å². The zero-order valence-corrected chi connectivity index (χ0v) is 10.1. The Kier molecular flexibility index (Phi) is 4.40. The van der Waals surface area contributed by atoms with Crippen LogP contribution in [0.25, 0.3) is 0 Å². The number of alkyl halides is 3. The summed E-state index contributed by atoms with van der Waals surface area (Å²) in [6.45, 7) is 2.58. The summed E-state index contributed by atoms with van der Waals surface area (Å²) < 4.78 is 42.4. The molecule has 0 saturated heterocycles. The molecule has 0 bridgehead atoms. The van der Waals surface area contributed by atoms with Gasteiger partial charge < -0.3 is 9.64 Å². The Hall–Kier alpha value is -1.23. The molecular formula is C12H16F3NO. The van der Waals surface area contributed by atoms with Gasteiger partial charge in [0, 0.05) is 6.54 Å². The van der Waals surface area contributed by atoms with Crippen molar-refractivity contribution >= 4 is 0 Å². The fourth-order valence-electron chi connectivity index (χ4n) is 1.51. The average molecular weight is 247 g/mol. The highest BCUT2D eigenvalue weighted by Crippen LogP contribution is 2.30. The van der Waals surface area contributed by atoms with Crippen molar-refractivity contribution in [1.82, 2.24) is 4.90 Å². The Morgan fingerprint density at radius 2 is 1.71 bits per heavy atom. The van der Waals surface area contributed by atoms with Gasteiger partial charge in [-0.3, -0.25) is 0 Å². The number of hydrogen-bond acceptors (Lipinski definition) is 2. The fourth-order valence-corrected chi connectivity index (χ4v) is 1.51. The predicted octanol–water partition coefficient (Wildman–Crippen LogP) is 3.03. The van der Waals surface area contributed by atoms with Gasteiger partial charge in [0.2, 0.25) is 0 Å². The van der Waals surface area contributed by atoms with Crippen LogP contribution in [0.3, 0.4) is 0 Å². The summed E-state index contributed by atoms with van der Waals surface area (Å²) in [6, 6.07) is 4.74. The van der Waals surface area contributed by atoms with Gasteiger partial charge in [0.25, 0.3) is 0 Å². The number of nitrogens with zero attached hydrogens (tertiary/aromatic N) is 1. The maximum atomic E-state index is 12.3. The first-order valence-electron chi connectivity index (χ1n) is 5.27. The molecule has 17 heavy (non-hydrogen) atoms. The van der Waals surface area contributed by atoms with Crippen molar-refractivity contribution in [1.29, 1.82) is 0 Å². The smallest absolute Gasteiger partial charge is 0.416 e. The number of benzene rings is 1. The van der Waals surface area contributed by atoms with Crippen LogP contribution in [0.1, 0.15) is 12.5 Å². The van der Waals surface area contributed by atoms with Crippen molar-refractivity contribution in [3.8, 4) is 5.75 Å². The number of hydrogen-bond donors (Lipinski definition) is 0. The molecule has 1 aromatic carbocycles. The maximum Gasteiger partial charge on any atom is 0.416 e. The second kappa shape index (κ2) is 5.40. The lowest BCUT2D eigenvalue weighted by atomic mass is 10.2. The summed E-state index contributed by atoms with van der Waals surface area (Å²) in [5.41, 5.74) is -0.662. The van der Waals surface area contributed by atoms with Gasteiger partial charge >= 0.3 is 6.18 Å². The minimum absolute atomic E-state index is 0.0678. The normalized spacial score (nSPS) is 13.8. The Bertz CT molecular complexity index is 346. The van der Waals surface area contributed by atoms with Gasteiger partial charge in [0.1, 0.15) is 11.9 Å². The van der Waals surface area contributed by atoms with E-state index in [1.807, 2.05) is 25.9 Å². The van der Waals surface area contributed by atoms with E-state index in [4.69, 9.17) is 4.74 Å². The van der Waals surface area contributed by atoms with E-state index in [1.165, 1.54) is 12.1 Å². The SMILES string of the molecule is CC(CN(C)C)Oc1ccc(C(F)(F)F)cc1. The van der Waals surface area contributed by atoms with Crippen molar-refractivity contribution in [2.45, 2.75) is 19.2 Å². The van der Waals surface area contributed by atoms with Crippen LogP contribution < -0.4 is 4.74 Å². The van der Waals surface area contributed by atoms with Gasteiger partial charge in [-0.15, -0.1) is 0 Å². The van der Waals surface area contributed by atoms with Gasteiger partial charge in [-0.2, -0.15) is 13.2 Å². The van der Waals surface area contributed by atoms with E-state index in [0.29, 0.717) is 12.3 Å². The Morgan fingerprint density at radius 3 is 2.12 bits per heavy atom. The molecular weight excluding hydrogens is 231 g/mol. The van der Waals surface area contributed by atoms with Crippen LogP contribution in [0.15, 0.2) is 24.3 Å². The van der Waals surface area contributed by atoms with E-state index in [-0.39, 0.29) is 6.10 Å². The van der Waals surface area contributed by atoms with Crippen molar-refractivity contribution in [2.24, 2.45) is 0 Å². The molecule has 0 aliphatic carbocycles. The van der Waals surface area contributed by atoms with Crippen LogP contribution in [0.5, 0.6) is 5.75 Å². The summed E-state index contributed by atoms with van der Waals surface area (Å²) in [4.78, 5) is 1.95. The molecule has 2 nitrogen and oxygen atoms in total. The standard InChI is InChI=1S/C12H16F3NO/c1-9(8-16(2)3)17-11-6-4-10(5-7-11)12(13,14)15/h4-7,9H,8H2,1-3H3. The molecule has 96 valence electrons. The summed E-state index contributed by atoms with van der Waals surface area (Å²) in [6.07, 6.45) is -4.37. The minimum atomic E-state index is -4.30. The minimum Gasteiger partial charge on any atom is -0.489 e. The topological polar surface area (TPSA) is 12.5 Å². The van der Waals surface area contributed by atoms with Crippen LogP contribution in [-0.2, 0) is 6.18 Å². The lowest BCUT2D eigenvalue weighted by molar-refractivity contribution is -0.137. The molecule has 0 spiro atoms. The summed E-state index contributed by atoms with van der Waals surface area (Å²) >= 11 is 0. The third-order valence-corrected chi connectivity index (χ3v) is 2.14. The largest absolute Gasteiger partial charge is 0.489 e. The molecule has 1 atom stereocenters. The first-order valence-corrected chi connectivity index (χ1v) is 5.27. The number of ether oxygens (including phenoxy) is 1. The Morgan fingerprint density at radius 1 is 1.18 bits per heavy atom. The maximum absolute atomic E-state index is 12.3. The summed E-state index contributed by atoms with van der Waals surface area (Å²) in [5.74, 6) is 0.451. The monoisotopic (exact) mass is 247 g/mol. The molecule has 1 rings (SSSR count). The van der Waals surface area contributed by atoms with Crippen LogP contribution in [0.4, 0.5) is 13.2 Å². The zero-order chi connectivity index (χ0) is 13.1. The van der Waals surface area contributed by atoms with Crippen LogP contribution >= 0.6 is 0 Å². The molecule has 0 fully saturated rings. The molecule has 0 N–H and O–H groups in total. The molecule has 0 aromatic heterocycles. The third-order valence-electron chi connectivity index (χ3n) is 2.14. The van der Waals surface area contributed by atoms with Crippen LogP contribution in [0, 0.1) is 0 Å². The number of likely N-dealkylation sites (N-methyl/N-ethyl adjacent to an activating group) is 1. The Balaban J connectivity index is 2.63. The van der Waals surface area contributed by atoms with Gasteiger partial charge in [0.15, 0.2) is 0 Å². The quantitative estimate of drug-likeness (QED) is 0.810. The van der Waals surface area contributed by atoms with Gasteiger partial charge in [-0.05, 0) is 45.3 Å². The highest BCUT2D eigenvalue weighted by atomic mass is 19.4. The number of halogens is 3. The van der Waals surface area contributed by atoms with E-state index in [1.54, 1.807) is 0 Å². The van der Waals surface area contributed by atoms with Crippen molar-refractivity contribution in [3.05, 3.63) is 29.8 Å². The molecule has 0 radical (unpaired) electrons. The molecule has 0 amide bonds. The second-order valence-electron chi connectivity index (χ2n) is 4.21. The molecule has 0 saturated carbocycles. The van der Waals surface area contributed by atoms with Crippen LogP contribution in [0.2, 0.25) is 0 Å². The lowest BCUT2D eigenvalue weighted by Crippen LogP contribution is -2.27. The third kappa shape index (κ3) is 4.65. The van der Waals surface area contributed by atoms with E-state index < -0.39 is 11.7 Å². The fraction of sp³-hybridized carbons (Fsp3) is 0.500. The summed E-state index contributed by atoms with van der Waals surface area (Å²) in [5, 5.41) is 0. The molecule has 1 aromatic rings. The summed E-state index contributed by atoms with van der Waals surface area (Å²) in [7, 11) is 3.82. The van der Waals surface area contributed by atoms with Crippen molar-refractivity contribution < 1.29 is 17.9 Å². The first kappa shape index (κ1) is 13.8. The van der Waals surface area contributed by atoms with E-state index in [9.17, 15) is 13.2 Å².